The Kier molecular flexibility index (Phi) is 11.9. The van der Waals surface area contributed by atoms with Crippen LogP contribution in [0.4, 0.5) is 0 Å². The van der Waals surface area contributed by atoms with Crippen LogP contribution >= 0.6 is 11.8 Å². The Labute approximate surface area is 175 Å². The summed E-state index contributed by atoms with van der Waals surface area (Å²) in [6, 6.07) is 3.84. The zero-order valence-electron chi connectivity index (χ0n) is 18.5. The molecule has 0 saturated carbocycles. The average molecular weight is 408 g/mol. The number of ether oxygens (including phenoxy) is 1. The number of benzene rings is 1. The molecule has 0 aliphatic carbocycles. The molecule has 0 bridgehead atoms. The molecule has 0 radical (unpaired) electrons. The standard InChI is InChI=1S/C12H19NO2S.C9H12O.C2H6/c1-5-11(9(2)3)16-10(4)13-6-12(14)7-15-8-12;1-6-4-7(2)8(3)9(10)5-6;1-2/h5,13-14H,2,4,6-8H2,1,3H3;4-5,10H,1-3H3;1-2H3/b11-5+;;. The van der Waals surface area contributed by atoms with E-state index in [-0.39, 0.29) is 0 Å². The average Bonchev–Trinajstić information content (AvgIpc) is 2.62. The van der Waals surface area contributed by atoms with Crippen molar-refractivity contribution in [3.63, 3.8) is 0 Å². The summed E-state index contributed by atoms with van der Waals surface area (Å²) in [5.41, 5.74) is 3.54. The maximum atomic E-state index is 9.79. The highest BCUT2D eigenvalue weighted by atomic mass is 32.2. The van der Waals surface area contributed by atoms with E-state index in [2.05, 4.69) is 24.5 Å². The van der Waals surface area contributed by atoms with Crippen molar-refractivity contribution < 1.29 is 14.9 Å². The topological polar surface area (TPSA) is 61.7 Å². The molecule has 0 unspecified atom stereocenters. The molecule has 158 valence electrons. The Hall–Kier alpha value is -1.69. The zero-order valence-corrected chi connectivity index (χ0v) is 19.3. The highest BCUT2D eigenvalue weighted by Crippen LogP contribution is 2.28. The first-order chi connectivity index (χ1) is 13.1. The molecule has 3 N–H and O–H groups in total. The summed E-state index contributed by atoms with van der Waals surface area (Å²) in [6.45, 7) is 22.9. The Bertz CT molecular complexity index is 668. The molecule has 1 aromatic rings. The molecule has 4 nitrogen and oxygen atoms in total. The second-order valence-corrected chi connectivity index (χ2v) is 7.89. The second kappa shape index (κ2) is 12.7. The lowest BCUT2D eigenvalue weighted by Crippen LogP contribution is -2.55. The van der Waals surface area contributed by atoms with Crippen molar-refractivity contribution in [1.82, 2.24) is 5.32 Å². The normalized spacial score (nSPS) is 14.5. The predicted octanol–water partition coefficient (Wildman–Crippen LogP) is 5.37. The number of phenolic OH excluding ortho intramolecular Hbond substituents is 1. The van der Waals surface area contributed by atoms with Crippen molar-refractivity contribution in [2.45, 2.75) is 54.1 Å². The van der Waals surface area contributed by atoms with Crippen molar-refractivity contribution in [3.8, 4) is 5.75 Å². The monoisotopic (exact) mass is 407 g/mol. The molecule has 28 heavy (non-hydrogen) atoms. The fourth-order valence-corrected chi connectivity index (χ4v) is 2.98. The molecule has 5 heteroatoms. The van der Waals surface area contributed by atoms with E-state index >= 15 is 0 Å². The van der Waals surface area contributed by atoms with E-state index in [4.69, 9.17) is 4.74 Å². The van der Waals surface area contributed by atoms with E-state index in [0.29, 0.717) is 25.5 Å². The zero-order chi connectivity index (χ0) is 21.9. The van der Waals surface area contributed by atoms with Crippen LogP contribution in [0.2, 0.25) is 0 Å². The largest absolute Gasteiger partial charge is 0.508 e. The third-order valence-electron chi connectivity index (χ3n) is 4.06. The summed E-state index contributed by atoms with van der Waals surface area (Å²) < 4.78 is 4.96. The van der Waals surface area contributed by atoms with E-state index in [9.17, 15) is 10.2 Å². The fraction of sp³-hybridized carbons (Fsp3) is 0.478. The first-order valence-corrected chi connectivity index (χ1v) is 10.4. The minimum Gasteiger partial charge on any atom is -0.508 e. The summed E-state index contributed by atoms with van der Waals surface area (Å²) in [6.07, 6.45) is 2.00. The first-order valence-electron chi connectivity index (χ1n) is 9.57. The van der Waals surface area contributed by atoms with Crippen molar-refractivity contribution in [3.05, 3.63) is 63.6 Å². The molecule has 0 spiro atoms. The predicted molar refractivity (Wildman–Crippen MR) is 123 cm³/mol. The SMILES string of the molecule is C=C(NCC1(O)COC1)S/C(=C/C)C(=C)C.CC.Cc1cc(C)c(C)c(O)c1. The number of phenols is 1. The van der Waals surface area contributed by atoms with Crippen LogP contribution < -0.4 is 5.32 Å². The Balaban J connectivity index is 0.000000520. The van der Waals surface area contributed by atoms with Crippen molar-refractivity contribution in [2.24, 2.45) is 0 Å². The maximum Gasteiger partial charge on any atom is 0.128 e. The summed E-state index contributed by atoms with van der Waals surface area (Å²) >= 11 is 1.53. The molecular weight excluding hydrogens is 370 g/mol. The summed E-state index contributed by atoms with van der Waals surface area (Å²) in [4.78, 5) is 1.09. The quantitative estimate of drug-likeness (QED) is 0.554. The number of nitrogens with one attached hydrogen (secondary N) is 1. The summed E-state index contributed by atoms with van der Waals surface area (Å²) in [5.74, 6) is 0.400. The molecule has 1 aliphatic heterocycles. The van der Waals surface area contributed by atoms with Gasteiger partial charge in [-0.1, -0.05) is 50.9 Å². The van der Waals surface area contributed by atoms with Crippen LogP contribution in [-0.4, -0.2) is 35.6 Å². The number of aryl methyl sites for hydroxylation is 2. The lowest BCUT2D eigenvalue weighted by molar-refractivity contribution is -0.173. The van der Waals surface area contributed by atoms with Gasteiger partial charge in [0.15, 0.2) is 0 Å². The third kappa shape index (κ3) is 9.00. The van der Waals surface area contributed by atoms with E-state index in [1.54, 1.807) is 6.07 Å². The van der Waals surface area contributed by atoms with Gasteiger partial charge in [-0.2, -0.15) is 0 Å². The molecular formula is C23H37NO3S. The van der Waals surface area contributed by atoms with Gasteiger partial charge in [-0.3, -0.25) is 0 Å². The number of thioether (sulfide) groups is 1. The number of hydrogen-bond acceptors (Lipinski definition) is 5. The number of aromatic hydroxyl groups is 1. The van der Waals surface area contributed by atoms with Crippen LogP contribution in [-0.2, 0) is 4.74 Å². The van der Waals surface area contributed by atoms with Gasteiger partial charge in [0, 0.05) is 11.4 Å². The second-order valence-electron chi connectivity index (χ2n) is 6.76. The van der Waals surface area contributed by atoms with E-state index in [0.717, 1.165) is 32.2 Å². The molecule has 1 aromatic carbocycles. The molecule has 1 saturated heterocycles. The number of hydrogen-bond donors (Lipinski definition) is 3. The molecule has 0 atom stereocenters. The fourth-order valence-electron chi connectivity index (χ4n) is 2.28. The van der Waals surface area contributed by atoms with Crippen LogP contribution in [0, 0.1) is 20.8 Å². The minimum atomic E-state index is -0.719. The lowest BCUT2D eigenvalue weighted by atomic mass is 10.0. The molecule has 0 aromatic heterocycles. The number of allylic oxidation sites excluding steroid dienone is 2. The van der Waals surface area contributed by atoms with E-state index in [1.165, 1.54) is 11.8 Å². The molecule has 0 amide bonds. The van der Waals surface area contributed by atoms with Crippen LogP contribution in [0.25, 0.3) is 0 Å². The van der Waals surface area contributed by atoms with Crippen LogP contribution in [0.3, 0.4) is 0 Å². The highest BCUT2D eigenvalue weighted by molar-refractivity contribution is 8.06. The van der Waals surface area contributed by atoms with Crippen molar-refractivity contribution in [1.29, 1.82) is 0 Å². The van der Waals surface area contributed by atoms with Crippen molar-refractivity contribution >= 4 is 11.8 Å². The van der Waals surface area contributed by atoms with Gasteiger partial charge < -0.3 is 20.3 Å². The van der Waals surface area contributed by atoms with Crippen molar-refractivity contribution in [2.75, 3.05) is 19.8 Å². The van der Waals surface area contributed by atoms with Gasteiger partial charge in [0.1, 0.15) is 11.4 Å². The smallest absolute Gasteiger partial charge is 0.128 e. The van der Waals surface area contributed by atoms with Gasteiger partial charge in [0.2, 0.25) is 0 Å². The molecule has 1 heterocycles. The van der Waals surface area contributed by atoms with Gasteiger partial charge in [-0.15, -0.1) is 0 Å². The first kappa shape index (κ1) is 26.3. The van der Waals surface area contributed by atoms with Crippen LogP contribution in [0.15, 0.2) is 46.9 Å². The van der Waals surface area contributed by atoms with E-state index < -0.39 is 5.60 Å². The van der Waals surface area contributed by atoms with Gasteiger partial charge in [-0.05, 0) is 62.9 Å². The van der Waals surface area contributed by atoms with Gasteiger partial charge in [0.05, 0.1) is 18.2 Å². The van der Waals surface area contributed by atoms with Crippen LogP contribution in [0.5, 0.6) is 5.75 Å². The summed E-state index contributed by atoms with van der Waals surface area (Å²) in [7, 11) is 0. The maximum absolute atomic E-state index is 9.79. The molecule has 2 rings (SSSR count). The Morgan fingerprint density at radius 1 is 1.25 bits per heavy atom. The number of rotatable bonds is 6. The van der Waals surface area contributed by atoms with Crippen LogP contribution in [0.1, 0.15) is 44.4 Å². The minimum absolute atomic E-state index is 0.398. The molecule has 1 aliphatic rings. The Morgan fingerprint density at radius 3 is 2.21 bits per heavy atom. The Morgan fingerprint density at radius 2 is 1.82 bits per heavy atom. The summed E-state index contributed by atoms with van der Waals surface area (Å²) in [5, 5.41) is 23.0. The van der Waals surface area contributed by atoms with Gasteiger partial charge >= 0.3 is 0 Å². The highest BCUT2D eigenvalue weighted by Gasteiger charge is 2.35. The third-order valence-corrected chi connectivity index (χ3v) is 5.25. The number of aliphatic hydroxyl groups is 1. The van der Waals surface area contributed by atoms with Gasteiger partial charge in [0.25, 0.3) is 0 Å². The van der Waals surface area contributed by atoms with E-state index in [1.807, 2.05) is 54.5 Å². The lowest BCUT2D eigenvalue weighted by Gasteiger charge is -2.36. The van der Waals surface area contributed by atoms with Gasteiger partial charge in [-0.25, -0.2) is 0 Å². The molecule has 1 fully saturated rings.